The smallest absolute Gasteiger partial charge is 0.264 e. The molecule has 0 saturated carbocycles. The van der Waals surface area contributed by atoms with Crippen LogP contribution in [0, 0.1) is 5.92 Å². The first-order chi connectivity index (χ1) is 15.6. The van der Waals surface area contributed by atoms with Crippen molar-refractivity contribution < 1.29 is 23.9 Å². The molecule has 3 aliphatic heterocycles. The average molecular weight is 456 g/mol. The fraction of sp³-hybridized carbons (Fsp3) is 0.435. The van der Waals surface area contributed by atoms with Crippen LogP contribution >= 0.6 is 11.3 Å². The molecule has 1 aromatic heterocycles. The Hall–Kier alpha value is -3.07. The van der Waals surface area contributed by atoms with Crippen LogP contribution in [-0.2, 0) is 9.59 Å². The maximum Gasteiger partial charge on any atom is 0.264 e. The first-order valence-corrected chi connectivity index (χ1v) is 11.8. The second-order valence-electron chi connectivity index (χ2n) is 8.29. The Labute approximate surface area is 190 Å². The molecule has 8 nitrogen and oxygen atoms in total. The molecule has 32 heavy (non-hydrogen) atoms. The number of carbonyl (C=O) groups is 3. The van der Waals surface area contributed by atoms with Crippen molar-refractivity contribution in [2.45, 2.75) is 31.7 Å². The number of fused-ring (bicyclic) bond motifs is 1. The number of anilines is 1. The van der Waals surface area contributed by atoms with Crippen molar-refractivity contribution in [2.24, 2.45) is 5.92 Å². The van der Waals surface area contributed by atoms with Gasteiger partial charge in [-0.1, -0.05) is 6.07 Å². The van der Waals surface area contributed by atoms with E-state index in [-0.39, 0.29) is 30.4 Å². The minimum atomic E-state index is -0.399. The van der Waals surface area contributed by atoms with E-state index in [2.05, 4.69) is 5.32 Å². The van der Waals surface area contributed by atoms with Gasteiger partial charge in [0, 0.05) is 37.3 Å². The lowest BCUT2D eigenvalue weighted by molar-refractivity contribution is -0.138. The van der Waals surface area contributed by atoms with Gasteiger partial charge in [-0.05, 0) is 49.3 Å². The number of nitrogens with one attached hydrogen (secondary N) is 1. The Morgan fingerprint density at radius 1 is 1.00 bits per heavy atom. The third kappa shape index (κ3) is 4.04. The highest BCUT2D eigenvalue weighted by Gasteiger charge is 2.38. The second-order valence-corrected chi connectivity index (χ2v) is 9.24. The molecule has 4 heterocycles. The number of benzene rings is 1. The lowest BCUT2D eigenvalue weighted by atomic mass is 9.95. The number of rotatable bonds is 4. The van der Waals surface area contributed by atoms with Gasteiger partial charge in [0.25, 0.3) is 5.91 Å². The van der Waals surface area contributed by atoms with Gasteiger partial charge in [0.15, 0.2) is 11.5 Å². The number of piperidine rings is 1. The summed E-state index contributed by atoms with van der Waals surface area (Å²) in [5.74, 6) is 1.04. The Kier molecular flexibility index (Phi) is 5.73. The number of hydrogen-bond donors (Lipinski definition) is 1. The van der Waals surface area contributed by atoms with Crippen LogP contribution in [0.25, 0.3) is 0 Å². The summed E-state index contributed by atoms with van der Waals surface area (Å²) >= 11 is 1.40. The molecule has 9 heteroatoms. The molecule has 2 saturated heterocycles. The maximum absolute atomic E-state index is 13.2. The van der Waals surface area contributed by atoms with E-state index in [1.54, 1.807) is 29.2 Å². The number of thiophene rings is 1. The highest BCUT2D eigenvalue weighted by atomic mass is 32.1. The van der Waals surface area contributed by atoms with Crippen LogP contribution in [0.5, 0.6) is 11.5 Å². The van der Waals surface area contributed by atoms with Crippen molar-refractivity contribution in [3.8, 4) is 11.5 Å². The van der Waals surface area contributed by atoms with E-state index < -0.39 is 6.04 Å². The zero-order valence-electron chi connectivity index (χ0n) is 17.6. The molecule has 1 aromatic carbocycles. The molecule has 2 fully saturated rings. The normalized spacial score (nSPS) is 20.4. The van der Waals surface area contributed by atoms with Crippen LogP contribution in [0.4, 0.5) is 5.69 Å². The number of amides is 3. The zero-order chi connectivity index (χ0) is 22.1. The maximum atomic E-state index is 13.2. The number of nitrogens with zero attached hydrogens (tertiary/aromatic N) is 2. The second kappa shape index (κ2) is 8.82. The van der Waals surface area contributed by atoms with Crippen LogP contribution in [-0.4, -0.2) is 60.0 Å². The van der Waals surface area contributed by atoms with Crippen LogP contribution in [0.2, 0.25) is 0 Å². The number of ether oxygens (including phenoxy) is 2. The lowest BCUT2D eigenvalue weighted by Gasteiger charge is -2.35. The third-order valence-corrected chi connectivity index (χ3v) is 7.21. The SMILES string of the molecule is O=C(Nc1ccc2c(c1)OCO2)C1CCN(C(=O)[C@@H]2CCCN2C(=O)c2cccs2)CC1. The summed E-state index contributed by atoms with van der Waals surface area (Å²) in [6, 6.07) is 8.59. The van der Waals surface area contributed by atoms with E-state index in [4.69, 9.17) is 9.47 Å². The Morgan fingerprint density at radius 2 is 1.81 bits per heavy atom. The first kappa shape index (κ1) is 20.8. The Balaban J connectivity index is 1.16. The Morgan fingerprint density at radius 3 is 2.59 bits per heavy atom. The first-order valence-electron chi connectivity index (χ1n) is 10.9. The summed E-state index contributed by atoms with van der Waals surface area (Å²) < 4.78 is 10.7. The van der Waals surface area contributed by atoms with Crippen molar-refractivity contribution in [3.05, 3.63) is 40.6 Å². The van der Waals surface area contributed by atoms with Gasteiger partial charge in [-0.15, -0.1) is 11.3 Å². The molecule has 168 valence electrons. The quantitative estimate of drug-likeness (QED) is 0.766. The van der Waals surface area contributed by atoms with Gasteiger partial charge < -0.3 is 24.6 Å². The highest BCUT2D eigenvalue weighted by Crippen LogP contribution is 2.34. The van der Waals surface area contributed by atoms with Gasteiger partial charge in [0.1, 0.15) is 6.04 Å². The summed E-state index contributed by atoms with van der Waals surface area (Å²) in [7, 11) is 0. The molecular weight excluding hydrogens is 430 g/mol. The van der Waals surface area contributed by atoms with Gasteiger partial charge in [-0.3, -0.25) is 14.4 Å². The van der Waals surface area contributed by atoms with E-state index in [0.717, 1.165) is 6.42 Å². The van der Waals surface area contributed by atoms with Crippen molar-refractivity contribution in [1.82, 2.24) is 9.80 Å². The molecule has 0 spiro atoms. The molecule has 2 aromatic rings. The summed E-state index contributed by atoms with van der Waals surface area (Å²) in [4.78, 5) is 42.9. The fourth-order valence-corrected chi connectivity index (χ4v) is 5.28. The summed E-state index contributed by atoms with van der Waals surface area (Å²) in [5, 5.41) is 4.82. The predicted molar refractivity (Wildman–Crippen MR) is 119 cm³/mol. The predicted octanol–water partition coefficient (Wildman–Crippen LogP) is 2.96. The summed E-state index contributed by atoms with van der Waals surface area (Å²) in [5.41, 5.74) is 0.673. The molecule has 0 radical (unpaired) electrons. The topological polar surface area (TPSA) is 88.2 Å². The minimum Gasteiger partial charge on any atom is -0.454 e. The highest BCUT2D eigenvalue weighted by molar-refractivity contribution is 7.12. The molecule has 3 amide bonds. The van der Waals surface area contributed by atoms with Crippen LogP contribution in [0.3, 0.4) is 0 Å². The standard InChI is InChI=1S/C23H25N3O5S/c27-21(24-16-5-6-18-19(13-16)31-14-30-18)15-7-10-25(11-8-15)22(28)17-3-1-9-26(17)23(29)20-4-2-12-32-20/h2,4-6,12-13,15,17H,1,3,7-11,14H2,(H,24,27)/t17-/m0/s1. The van der Waals surface area contributed by atoms with Crippen LogP contribution < -0.4 is 14.8 Å². The molecule has 0 aliphatic carbocycles. The third-order valence-electron chi connectivity index (χ3n) is 6.35. The Bertz CT molecular complexity index is 1020. The van der Waals surface area contributed by atoms with E-state index in [1.165, 1.54) is 11.3 Å². The van der Waals surface area contributed by atoms with Crippen molar-refractivity contribution >= 4 is 34.7 Å². The fourth-order valence-electron chi connectivity index (χ4n) is 4.60. The molecule has 0 bridgehead atoms. The average Bonchev–Trinajstić information content (AvgIpc) is 3.59. The van der Waals surface area contributed by atoms with Gasteiger partial charge in [-0.2, -0.15) is 0 Å². The van der Waals surface area contributed by atoms with Crippen LogP contribution in [0.1, 0.15) is 35.4 Å². The van der Waals surface area contributed by atoms with E-state index in [0.29, 0.717) is 61.0 Å². The monoisotopic (exact) mass is 455 g/mol. The zero-order valence-corrected chi connectivity index (χ0v) is 18.4. The minimum absolute atomic E-state index is 0.00188. The molecule has 3 aliphatic rings. The molecule has 1 N–H and O–H groups in total. The molecule has 1 atom stereocenters. The van der Waals surface area contributed by atoms with Crippen LogP contribution in [0.15, 0.2) is 35.7 Å². The molecule has 0 unspecified atom stereocenters. The largest absolute Gasteiger partial charge is 0.454 e. The number of hydrogen-bond acceptors (Lipinski definition) is 6. The van der Waals surface area contributed by atoms with Gasteiger partial charge >= 0.3 is 0 Å². The molecular formula is C23H25N3O5S. The number of likely N-dealkylation sites (tertiary alicyclic amines) is 2. The molecule has 5 rings (SSSR count). The van der Waals surface area contributed by atoms with Gasteiger partial charge in [0.05, 0.1) is 4.88 Å². The van der Waals surface area contributed by atoms with Crippen molar-refractivity contribution in [2.75, 3.05) is 31.7 Å². The van der Waals surface area contributed by atoms with Crippen molar-refractivity contribution in [3.63, 3.8) is 0 Å². The van der Waals surface area contributed by atoms with E-state index in [1.807, 2.05) is 16.3 Å². The van der Waals surface area contributed by atoms with Gasteiger partial charge in [-0.25, -0.2) is 0 Å². The van der Waals surface area contributed by atoms with Gasteiger partial charge in [0.2, 0.25) is 18.6 Å². The lowest BCUT2D eigenvalue weighted by Crippen LogP contribution is -2.50. The van der Waals surface area contributed by atoms with E-state index >= 15 is 0 Å². The van der Waals surface area contributed by atoms with Crippen molar-refractivity contribution in [1.29, 1.82) is 0 Å². The summed E-state index contributed by atoms with van der Waals surface area (Å²) in [6.07, 6.45) is 2.74. The van der Waals surface area contributed by atoms with E-state index in [9.17, 15) is 14.4 Å². The summed E-state index contributed by atoms with van der Waals surface area (Å²) in [6.45, 7) is 1.85. The number of carbonyl (C=O) groups excluding carboxylic acids is 3.